The second-order valence-electron chi connectivity index (χ2n) is 1.96. The van der Waals surface area contributed by atoms with Gasteiger partial charge in [0.05, 0.1) is 0 Å². The van der Waals surface area contributed by atoms with E-state index in [-0.39, 0.29) is 40.0 Å². The first-order chi connectivity index (χ1) is 3.91. The van der Waals surface area contributed by atoms with E-state index in [1.807, 2.05) is 0 Å². The molecule has 0 N–H and O–H groups in total. The van der Waals surface area contributed by atoms with Gasteiger partial charge in [-0.05, 0) is 6.42 Å². The van der Waals surface area contributed by atoms with Gasteiger partial charge in [-0.3, -0.25) is 0 Å². The van der Waals surface area contributed by atoms with E-state index in [2.05, 4.69) is 22.9 Å². The Labute approximate surface area is 99.6 Å². The van der Waals surface area contributed by atoms with E-state index in [0.29, 0.717) is 0 Å². The molecular weight excluding hydrogens is 268 g/mol. The molecule has 0 atom stereocenters. The van der Waals surface area contributed by atoms with Crippen LogP contribution in [0.15, 0.2) is 0 Å². The molecule has 0 aliphatic rings. The number of hydrogen-bond donors (Lipinski definition) is 0. The van der Waals surface area contributed by atoms with Gasteiger partial charge in [0.2, 0.25) is 0 Å². The molecule has 58 valence electrons. The molecule has 0 amide bonds. The fourth-order valence-electron chi connectivity index (χ4n) is 0.625. The third-order valence-electron chi connectivity index (χ3n) is 1.13. The Morgan fingerprint density at radius 1 is 1.00 bits per heavy atom. The third kappa shape index (κ3) is 16.4. The second kappa shape index (κ2) is 17.0. The van der Waals surface area contributed by atoms with Crippen molar-refractivity contribution in [3.05, 3.63) is 6.92 Å². The minimum Gasteiger partial charge on any atom is -1.00 e. The van der Waals surface area contributed by atoms with Crippen molar-refractivity contribution in [3.63, 3.8) is 0 Å². The smallest absolute Gasteiger partial charge is 1.00 e. The van der Waals surface area contributed by atoms with Crippen molar-refractivity contribution in [2.24, 2.45) is 0 Å². The predicted molar refractivity (Wildman–Crippen MR) is 48.0 cm³/mol. The van der Waals surface area contributed by atoms with E-state index in [1.54, 1.807) is 0 Å². The monoisotopic (exact) mass is 280 g/mol. The molecule has 3 heteroatoms. The van der Waals surface area contributed by atoms with Crippen LogP contribution in [0, 0.1) is 6.92 Å². The van der Waals surface area contributed by atoms with E-state index in [0.717, 1.165) is 11.8 Å². The summed E-state index contributed by atoms with van der Waals surface area (Å²) in [6.07, 6.45) is 6.44. The molecule has 0 aromatic rings. The maximum atomic E-state index is 3.77. The van der Waals surface area contributed by atoms with E-state index in [4.69, 9.17) is 0 Å². The summed E-state index contributed by atoms with van der Waals surface area (Å²) < 4.78 is 0. The van der Waals surface area contributed by atoms with Crippen LogP contribution in [-0.2, 0) is 0 Å². The summed E-state index contributed by atoms with van der Waals surface area (Å²) in [6.45, 7) is 3.77. The summed E-state index contributed by atoms with van der Waals surface area (Å²) in [5.41, 5.74) is 0. The van der Waals surface area contributed by atoms with Crippen molar-refractivity contribution < 1.29 is 17.0 Å². The van der Waals surface area contributed by atoms with Crippen molar-refractivity contribution in [2.45, 2.75) is 32.1 Å². The summed E-state index contributed by atoms with van der Waals surface area (Å²) in [5, 5.41) is 1.16. The molecule has 0 aromatic heterocycles. The minimum absolute atomic E-state index is 0. The SMILES string of the molecule is [Br-].[CH2-]CCCCCCBr.[Mg+2]. The van der Waals surface area contributed by atoms with E-state index >= 15 is 0 Å². The van der Waals surface area contributed by atoms with Gasteiger partial charge in [0.25, 0.3) is 0 Å². The Hall–Kier alpha value is 1.73. The van der Waals surface area contributed by atoms with Gasteiger partial charge in [-0.15, -0.1) is 0 Å². The number of alkyl halides is 1. The molecule has 0 nitrogen and oxygen atoms in total. The molecule has 0 aromatic carbocycles. The van der Waals surface area contributed by atoms with Crippen LogP contribution in [0.4, 0.5) is 0 Å². The van der Waals surface area contributed by atoms with Crippen LogP contribution in [0.1, 0.15) is 32.1 Å². The molecule has 0 saturated heterocycles. The van der Waals surface area contributed by atoms with Crippen molar-refractivity contribution in [1.29, 1.82) is 0 Å². The molecule has 0 fully saturated rings. The standard InChI is InChI=1S/C7H14Br.BrH.Mg/c1-2-3-4-5-6-7-8;;/h1-7H2;1H;/q-1;;+2/p-1. The molecule has 0 radical (unpaired) electrons. The van der Waals surface area contributed by atoms with Gasteiger partial charge >= 0.3 is 23.1 Å². The van der Waals surface area contributed by atoms with Gasteiger partial charge in [-0.2, -0.15) is 6.42 Å². The van der Waals surface area contributed by atoms with Gasteiger partial charge in [0.1, 0.15) is 0 Å². The van der Waals surface area contributed by atoms with Crippen LogP contribution in [0.3, 0.4) is 0 Å². The second-order valence-corrected chi connectivity index (χ2v) is 2.75. The summed E-state index contributed by atoms with van der Waals surface area (Å²) in [6, 6.07) is 0. The van der Waals surface area contributed by atoms with Crippen LogP contribution < -0.4 is 17.0 Å². The Morgan fingerprint density at radius 3 is 1.90 bits per heavy atom. The third-order valence-corrected chi connectivity index (χ3v) is 1.69. The zero-order valence-electron chi connectivity index (χ0n) is 6.41. The number of halogens is 2. The molecule has 0 saturated carbocycles. The van der Waals surface area contributed by atoms with Gasteiger partial charge in [-0.1, -0.05) is 35.2 Å². The minimum atomic E-state index is 0. The largest absolute Gasteiger partial charge is 2.00 e. The van der Waals surface area contributed by atoms with E-state index in [1.165, 1.54) is 25.7 Å². The van der Waals surface area contributed by atoms with E-state index < -0.39 is 0 Å². The predicted octanol–water partition coefficient (Wildman–Crippen LogP) is -0.211. The topological polar surface area (TPSA) is 0 Å². The molecular formula is C7H14Br2Mg. The molecule has 0 bridgehead atoms. The molecule has 10 heavy (non-hydrogen) atoms. The molecule has 0 aliphatic heterocycles. The Bertz CT molecular complexity index is 36.6. The Balaban J connectivity index is -0.000000245. The first-order valence-electron chi connectivity index (χ1n) is 3.27. The van der Waals surface area contributed by atoms with Gasteiger partial charge in [0, 0.05) is 5.33 Å². The Morgan fingerprint density at radius 2 is 1.50 bits per heavy atom. The van der Waals surface area contributed by atoms with Gasteiger partial charge in [0.15, 0.2) is 0 Å². The van der Waals surface area contributed by atoms with Gasteiger partial charge in [-0.25, -0.2) is 0 Å². The van der Waals surface area contributed by atoms with Crippen molar-refractivity contribution in [3.8, 4) is 0 Å². The number of unbranched alkanes of at least 4 members (excludes halogenated alkanes) is 4. The molecule has 0 rings (SSSR count). The van der Waals surface area contributed by atoms with Crippen LogP contribution >= 0.6 is 15.9 Å². The molecule has 0 spiro atoms. The van der Waals surface area contributed by atoms with Crippen LogP contribution in [-0.4, -0.2) is 28.4 Å². The normalized spacial score (nSPS) is 7.80. The number of hydrogen-bond acceptors (Lipinski definition) is 0. The van der Waals surface area contributed by atoms with Crippen molar-refractivity contribution in [2.75, 3.05) is 5.33 Å². The van der Waals surface area contributed by atoms with E-state index in [9.17, 15) is 0 Å². The van der Waals surface area contributed by atoms with Crippen LogP contribution in [0.2, 0.25) is 0 Å². The first-order valence-corrected chi connectivity index (χ1v) is 4.39. The van der Waals surface area contributed by atoms with Crippen molar-refractivity contribution in [1.82, 2.24) is 0 Å². The first kappa shape index (κ1) is 17.7. The van der Waals surface area contributed by atoms with Crippen LogP contribution in [0.5, 0.6) is 0 Å². The van der Waals surface area contributed by atoms with Crippen molar-refractivity contribution >= 4 is 39.0 Å². The maximum Gasteiger partial charge on any atom is 2.00 e. The average molecular weight is 282 g/mol. The Kier molecular flexibility index (Phi) is 30.1. The average Bonchev–Trinajstić information content (AvgIpc) is 1.81. The molecule has 0 unspecified atom stereocenters. The zero-order chi connectivity index (χ0) is 6.24. The maximum absolute atomic E-state index is 3.77. The fourth-order valence-corrected chi connectivity index (χ4v) is 1.02. The molecule has 0 heterocycles. The molecule has 0 aliphatic carbocycles. The summed E-state index contributed by atoms with van der Waals surface area (Å²) in [5.74, 6) is 0. The fraction of sp³-hybridized carbons (Fsp3) is 0.857. The van der Waals surface area contributed by atoms with Crippen LogP contribution in [0.25, 0.3) is 0 Å². The zero-order valence-corrected chi connectivity index (χ0v) is 11.0. The summed E-state index contributed by atoms with van der Waals surface area (Å²) >= 11 is 3.39. The summed E-state index contributed by atoms with van der Waals surface area (Å²) in [7, 11) is 0. The summed E-state index contributed by atoms with van der Waals surface area (Å²) in [4.78, 5) is 0. The quantitative estimate of drug-likeness (QED) is 0.283. The van der Waals surface area contributed by atoms with Gasteiger partial charge < -0.3 is 23.9 Å². The number of rotatable bonds is 5.